The topological polar surface area (TPSA) is 135 Å². The van der Waals surface area contributed by atoms with Gasteiger partial charge in [-0.3, -0.25) is 28.8 Å². The summed E-state index contributed by atoms with van der Waals surface area (Å²) in [6, 6.07) is -0.775. The fourth-order valence-electron chi connectivity index (χ4n) is 6.45. The summed E-state index contributed by atoms with van der Waals surface area (Å²) in [4.78, 5) is 71.9. The number of nitrogens with zero attached hydrogens (tertiary/aromatic N) is 2. The molecule has 284 valence electrons. The van der Waals surface area contributed by atoms with Crippen molar-refractivity contribution in [2.24, 2.45) is 5.73 Å². The monoisotopic (exact) mass is 711 g/mol. The third-order valence-corrected chi connectivity index (χ3v) is 9.54. The maximum atomic E-state index is 12.3. The number of primary amides is 1. The van der Waals surface area contributed by atoms with Gasteiger partial charge in [-0.1, -0.05) is 118 Å². The lowest BCUT2D eigenvalue weighted by atomic mass is 10.00. The molecule has 2 saturated heterocycles. The Morgan fingerprint density at radius 1 is 0.612 bits per heavy atom. The van der Waals surface area contributed by atoms with Gasteiger partial charge in [-0.25, -0.2) is 0 Å². The molecule has 0 aromatic carbocycles. The highest BCUT2D eigenvalue weighted by atomic mass is 35.5. The zero-order valence-electron chi connectivity index (χ0n) is 31.5. The number of amides is 3. The first-order chi connectivity index (χ1) is 23.5. The van der Waals surface area contributed by atoms with Gasteiger partial charge in [0, 0.05) is 38.8 Å². The third kappa shape index (κ3) is 22.9. The van der Waals surface area contributed by atoms with Gasteiger partial charge in [-0.05, 0) is 50.1 Å². The third-order valence-electron chi connectivity index (χ3n) is 9.35. The van der Waals surface area contributed by atoms with Gasteiger partial charge in [0.15, 0.2) is 5.78 Å². The number of hydrogen-bond donors (Lipinski definition) is 1. The van der Waals surface area contributed by atoms with E-state index in [-0.39, 0.29) is 47.1 Å². The summed E-state index contributed by atoms with van der Waals surface area (Å²) >= 11 is 5.22. The van der Waals surface area contributed by atoms with Crippen LogP contribution < -0.4 is 5.73 Å². The quantitative estimate of drug-likeness (QED) is 0.0542. The number of unbranched alkanes of at least 4 members (excludes halogenated alkanes) is 14. The van der Waals surface area contributed by atoms with Gasteiger partial charge < -0.3 is 15.5 Å². The highest BCUT2D eigenvalue weighted by molar-refractivity contribution is 6.63. The van der Waals surface area contributed by atoms with Crippen molar-refractivity contribution >= 4 is 46.1 Å². The molecule has 10 heteroatoms. The Balaban J connectivity index is 0.000000776. The fourth-order valence-corrected chi connectivity index (χ4v) is 6.58. The highest BCUT2D eigenvalue weighted by Gasteiger charge is 2.32. The van der Waals surface area contributed by atoms with Gasteiger partial charge in [0.25, 0.3) is 0 Å². The van der Waals surface area contributed by atoms with Crippen molar-refractivity contribution in [3.63, 3.8) is 0 Å². The van der Waals surface area contributed by atoms with Crippen LogP contribution in [0.1, 0.15) is 188 Å². The van der Waals surface area contributed by atoms with Crippen LogP contribution >= 0.6 is 11.6 Å². The second kappa shape index (κ2) is 30.5. The summed E-state index contributed by atoms with van der Waals surface area (Å²) in [6.07, 6.45) is 24.7. The second-order valence-electron chi connectivity index (χ2n) is 13.6. The first-order valence-electron chi connectivity index (χ1n) is 19.6. The number of halogens is 1. The number of likely N-dealkylation sites (tertiary alicyclic amines) is 2. The minimum atomic E-state index is -0.396. The molecule has 2 rings (SSSR count). The molecule has 0 aromatic heterocycles. The Labute approximate surface area is 303 Å². The number of rotatable bonds is 26. The van der Waals surface area contributed by atoms with Crippen molar-refractivity contribution in [1.82, 2.24) is 9.80 Å². The van der Waals surface area contributed by atoms with Crippen LogP contribution in [-0.4, -0.2) is 69.5 Å². The number of Topliss-reactive ketones (excluding diaryl/α,β-unsaturated/α-hetero) is 2. The molecule has 0 aromatic rings. The maximum absolute atomic E-state index is 12.3. The smallest absolute Gasteiger partial charge is 0.240 e. The van der Waals surface area contributed by atoms with E-state index in [1.807, 2.05) is 13.8 Å². The van der Waals surface area contributed by atoms with E-state index >= 15 is 0 Å². The first-order valence-corrected chi connectivity index (χ1v) is 20.0. The number of ketones is 2. The molecule has 0 aliphatic carbocycles. The van der Waals surface area contributed by atoms with Gasteiger partial charge in [0.2, 0.25) is 23.0 Å². The van der Waals surface area contributed by atoms with Crippen molar-refractivity contribution < 1.29 is 28.8 Å². The zero-order chi connectivity index (χ0) is 36.9. The standard InChI is InChI=1S/C20H35NO3.C11H21ClO.C8H14N2O2/c1-3-5-6-7-8-9-10-11-13-17(22)16-19(23)18(4-2)21-15-12-14-20(21)24;1-2-3-4-5-6-7-8-9-10-11(12)13;1-2-6(8(9)12)10-5-3-4-7(10)11/h18H,3-16H2,1-2H3;2-10H2,1H3;6H,2-5H2,1H3,(H2,9,12)/t18-;;6-/m0.0/s1. The van der Waals surface area contributed by atoms with Gasteiger partial charge in [-0.2, -0.15) is 0 Å². The molecule has 2 heterocycles. The average Bonchev–Trinajstić information content (AvgIpc) is 3.68. The molecule has 2 atom stereocenters. The van der Waals surface area contributed by atoms with E-state index in [0.29, 0.717) is 51.6 Å². The largest absolute Gasteiger partial charge is 0.368 e. The Hall–Kier alpha value is -2.29. The van der Waals surface area contributed by atoms with Crippen LogP contribution in [0.15, 0.2) is 0 Å². The van der Waals surface area contributed by atoms with E-state index in [1.54, 1.807) is 9.80 Å². The summed E-state index contributed by atoms with van der Waals surface area (Å²) in [5.41, 5.74) is 5.16. The maximum Gasteiger partial charge on any atom is 0.240 e. The van der Waals surface area contributed by atoms with Gasteiger partial charge in [0.1, 0.15) is 11.8 Å². The molecule has 2 fully saturated rings. The van der Waals surface area contributed by atoms with Crippen LogP contribution in [-0.2, 0) is 28.8 Å². The molecule has 0 saturated carbocycles. The molecule has 3 amide bonds. The van der Waals surface area contributed by atoms with E-state index in [0.717, 1.165) is 38.5 Å². The van der Waals surface area contributed by atoms with Crippen LogP contribution in [0.4, 0.5) is 0 Å². The molecular formula is C39H70ClN3O6. The molecule has 2 aliphatic rings. The fraction of sp³-hybridized carbons (Fsp3) is 0.846. The normalized spacial score (nSPS) is 15.3. The molecule has 0 bridgehead atoms. The number of carbonyl (C=O) groups excluding carboxylic acids is 6. The van der Waals surface area contributed by atoms with Gasteiger partial charge in [0.05, 0.1) is 12.5 Å². The zero-order valence-corrected chi connectivity index (χ0v) is 32.3. The molecule has 9 nitrogen and oxygen atoms in total. The van der Waals surface area contributed by atoms with Crippen LogP contribution in [0.25, 0.3) is 0 Å². The predicted octanol–water partition coefficient (Wildman–Crippen LogP) is 8.60. The lowest BCUT2D eigenvalue weighted by Gasteiger charge is -2.25. The summed E-state index contributed by atoms with van der Waals surface area (Å²) in [5.74, 6) is -0.312. The lowest BCUT2D eigenvalue weighted by molar-refractivity contribution is -0.138. The predicted molar refractivity (Wildman–Crippen MR) is 199 cm³/mol. The summed E-state index contributed by atoms with van der Waals surface area (Å²) < 4.78 is 0. The molecule has 49 heavy (non-hydrogen) atoms. The van der Waals surface area contributed by atoms with Crippen molar-refractivity contribution in [2.75, 3.05) is 13.1 Å². The van der Waals surface area contributed by atoms with E-state index in [9.17, 15) is 28.8 Å². The van der Waals surface area contributed by atoms with Crippen molar-refractivity contribution in [2.45, 2.75) is 200 Å². The van der Waals surface area contributed by atoms with E-state index in [4.69, 9.17) is 17.3 Å². The second-order valence-corrected chi connectivity index (χ2v) is 14.0. The van der Waals surface area contributed by atoms with Crippen LogP contribution in [0.5, 0.6) is 0 Å². The number of nitrogens with two attached hydrogens (primary N) is 1. The molecule has 0 spiro atoms. The Morgan fingerprint density at radius 3 is 1.35 bits per heavy atom. The molecule has 2 aliphatic heterocycles. The Kier molecular flexibility index (Phi) is 29.1. The average molecular weight is 712 g/mol. The summed E-state index contributed by atoms with van der Waals surface area (Å²) in [7, 11) is 0. The number of carbonyl (C=O) groups is 6. The Bertz CT molecular complexity index is 959. The molecule has 0 unspecified atom stereocenters. The first kappa shape index (κ1) is 46.7. The summed E-state index contributed by atoms with van der Waals surface area (Å²) in [5, 5.41) is -0.189. The van der Waals surface area contributed by atoms with Crippen LogP contribution in [0, 0.1) is 0 Å². The minimum absolute atomic E-state index is 0.00120. The van der Waals surface area contributed by atoms with E-state index in [1.165, 1.54) is 77.0 Å². The van der Waals surface area contributed by atoms with Crippen LogP contribution in [0.3, 0.4) is 0 Å². The summed E-state index contributed by atoms with van der Waals surface area (Å²) in [6.45, 7) is 9.56. The van der Waals surface area contributed by atoms with Gasteiger partial charge in [-0.15, -0.1) is 0 Å². The van der Waals surface area contributed by atoms with E-state index in [2.05, 4.69) is 13.8 Å². The minimum Gasteiger partial charge on any atom is -0.368 e. The van der Waals surface area contributed by atoms with Crippen molar-refractivity contribution in [3.05, 3.63) is 0 Å². The molecular weight excluding hydrogens is 642 g/mol. The molecule has 0 radical (unpaired) electrons. The Morgan fingerprint density at radius 2 is 1.00 bits per heavy atom. The van der Waals surface area contributed by atoms with Gasteiger partial charge >= 0.3 is 0 Å². The molecule has 2 N–H and O–H groups in total. The van der Waals surface area contributed by atoms with Crippen molar-refractivity contribution in [1.29, 1.82) is 0 Å². The highest BCUT2D eigenvalue weighted by Crippen LogP contribution is 2.19. The SMILES string of the molecule is CCCCCCCCCCC(=O)CC(=O)[C@H](CC)N1CCCC1=O.CCCCCCCCCCC(=O)Cl.CC[C@@H](C(N)=O)N1CCCC1=O. The number of hydrogen-bond acceptors (Lipinski definition) is 6. The van der Waals surface area contributed by atoms with Crippen molar-refractivity contribution in [3.8, 4) is 0 Å². The van der Waals surface area contributed by atoms with E-state index < -0.39 is 5.91 Å². The lowest BCUT2D eigenvalue weighted by Crippen LogP contribution is -2.44. The van der Waals surface area contributed by atoms with Crippen LogP contribution in [0.2, 0.25) is 0 Å².